The number of nitrogens with one attached hydrogen (secondary N) is 1. The van der Waals surface area contributed by atoms with Crippen molar-refractivity contribution < 1.29 is 0 Å². The lowest BCUT2D eigenvalue weighted by Crippen LogP contribution is -2.27. The van der Waals surface area contributed by atoms with Crippen LogP contribution in [-0.2, 0) is 0 Å². The van der Waals surface area contributed by atoms with E-state index in [0.29, 0.717) is 12.0 Å². The Morgan fingerprint density at radius 3 is 2.39 bits per heavy atom. The third kappa shape index (κ3) is 4.30. The van der Waals surface area contributed by atoms with Gasteiger partial charge in [0, 0.05) is 19.1 Å². The normalized spacial score (nSPS) is 12.8. The minimum absolute atomic E-state index is 0.323. The molecule has 0 aliphatic carbocycles. The van der Waals surface area contributed by atoms with Gasteiger partial charge in [0.15, 0.2) is 0 Å². The van der Waals surface area contributed by atoms with Crippen molar-refractivity contribution in [2.75, 3.05) is 24.5 Å². The lowest BCUT2D eigenvalue weighted by atomic mass is 10.1. The lowest BCUT2D eigenvalue weighted by molar-refractivity contribution is 0.582. The largest absolute Gasteiger partial charge is 0.370 e. The zero-order chi connectivity index (χ0) is 13.5. The molecule has 0 saturated carbocycles. The third-order valence-electron chi connectivity index (χ3n) is 3.06. The maximum atomic E-state index is 4.57. The molecule has 3 heteroatoms. The zero-order valence-electron chi connectivity index (χ0n) is 12.4. The van der Waals surface area contributed by atoms with Crippen LogP contribution in [0.2, 0.25) is 0 Å². The summed E-state index contributed by atoms with van der Waals surface area (Å²) in [5.41, 5.74) is 2.33. The fourth-order valence-electron chi connectivity index (χ4n) is 2.11. The number of anilines is 1. The van der Waals surface area contributed by atoms with E-state index in [1.807, 2.05) is 6.20 Å². The van der Waals surface area contributed by atoms with Gasteiger partial charge in [-0.1, -0.05) is 20.8 Å². The van der Waals surface area contributed by atoms with Gasteiger partial charge in [0.1, 0.15) is 0 Å². The lowest BCUT2D eigenvalue weighted by Gasteiger charge is -2.25. The van der Waals surface area contributed by atoms with E-state index in [0.717, 1.165) is 25.3 Å². The van der Waals surface area contributed by atoms with E-state index in [1.54, 1.807) is 0 Å². The van der Waals surface area contributed by atoms with E-state index in [1.165, 1.54) is 5.69 Å². The minimum atomic E-state index is 0.323. The van der Waals surface area contributed by atoms with Crippen molar-refractivity contribution in [2.24, 2.45) is 5.92 Å². The van der Waals surface area contributed by atoms with Crippen molar-refractivity contribution in [3.05, 3.63) is 24.0 Å². The molecule has 18 heavy (non-hydrogen) atoms. The van der Waals surface area contributed by atoms with E-state index in [-0.39, 0.29) is 0 Å². The smallest absolute Gasteiger partial charge is 0.0572 e. The molecule has 0 radical (unpaired) electrons. The predicted octanol–water partition coefficient (Wildman–Crippen LogP) is 3.23. The molecule has 1 heterocycles. The van der Waals surface area contributed by atoms with Crippen molar-refractivity contribution in [1.29, 1.82) is 0 Å². The van der Waals surface area contributed by atoms with Gasteiger partial charge in [0.05, 0.1) is 17.6 Å². The van der Waals surface area contributed by atoms with Crippen molar-refractivity contribution in [3.8, 4) is 0 Å². The van der Waals surface area contributed by atoms with E-state index < -0.39 is 0 Å². The second-order valence-electron chi connectivity index (χ2n) is 5.15. The van der Waals surface area contributed by atoms with Crippen molar-refractivity contribution >= 4 is 5.69 Å². The summed E-state index contributed by atoms with van der Waals surface area (Å²) in [4.78, 5) is 6.94. The van der Waals surface area contributed by atoms with Crippen LogP contribution in [0, 0.1) is 5.92 Å². The summed E-state index contributed by atoms with van der Waals surface area (Å²) in [6.45, 7) is 14.0. The van der Waals surface area contributed by atoms with Gasteiger partial charge in [-0.25, -0.2) is 0 Å². The highest BCUT2D eigenvalue weighted by molar-refractivity contribution is 5.44. The van der Waals surface area contributed by atoms with Gasteiger partial charge in [-0.2, -0.15) is 0 Å². The molecule has 1 atom stereocenters. The quantitative estimate of drug-likeness (QED) is 0.804. The topological polar surface area (TPSA) is 28.2 Å². The van der Waals surface area contributed by atoms with Crippen LogP contribution in [0.4, 0.5) is 5.69 Å². The molecular weight excluding hydrogens is 222 g/mol. The molecule has 0 aromatic carbocycles. The van der Waals surface area contributed by atoms with Gasteiger partial charge in [-0.15, -0.1) is 0 Å². The van der Waals surface area contributed by atoms with Crippen molar-refractivity contribution in [3.63, 3.8) is 0 Å². The Morgan fingerprint density at radius 2 is 1.94 bits per heavy atom. The van der Waals surface area contributed by atoms with Crippen LogP contribution in [0.1, 0.15) is 46.4 Å². The Bertz CT molecular complexity index is 332. The number of pyridine rings is 1. The van der Waals surface area contributed by atoms with Gasteiger partial charge in [-0.3, -0.25) is 4.98 Å². The van der Waals surface area contributed by atoms with Gasteiger partial charge in [0.2, 0.25) is 0 Å². The van der Waals surface area contributed by atoms with Crippen LogP contribution in [0.15, 0.2) is 18.3 Å². The van der Waals surface area contributed by atoms with Gasteiger partial charge in [0.25, 0.3) is 0 Å². The predicted molar refractivity (Wildman–Crippen MR) is 79.1 cm³/mol. The standard InChI is InChI=1S/C15H27N3/c1-6-16-13(5)15-9-8-14(10-17-15)18(7-2)11-12(3)4/h8-10,12-13,16H,6-7,11H2,1-5H3. The minimum Gasteiger partial charge on any atom is -0.370 e. The number of nitrogens with zero attached hydrogens (tertiary/aromatic N) is 2. The number of aromatic nitrogens is 1. The van der Waals surface area contributed by atoms with Gasteiger partial charge in [-0.05, 0) is 38.4 Å². The van der Waals surface area contributed by atoms with Crippen molar-refractivity contribution in [2.45, 2.75) is 40.7 Å². The van der Waals surface area contributed by atoms with Crippen molar-refractivity contribution in [1.82, 2.24) is 10.3 Å². The van der Waals surface area contributed by atoms with E-state index >= 15 is 0 Å². The van der Waals surface area contributed by atoms with E-state index in [2.05, 4.69) is 62.0 Å². The number of rotatable bonds is 7. The molecule has 1 aromatic rings. The second kappa shape index (κ2) is 7.37. The Balaban J connectivity index is 2.74. The highest BCUT2D eigenvalue weighted by Gasteiger charge is 2.09. The maximum absolute atomic E-state index is 4.57. The molecule has 1 aromatic heterocycles. The molecule has 0 amide bonds. The van der Waals surface area contributed by atoms with Crippen LogP contribution < -0.4 is 10.2 Å². The van der Waals surface area contributed by atoms with Crippen LogP contribution in [0.25, 0.3) is 0 Å². The molecule has 0 saturated heterocycles. The molecular formula is C15H27N3. The molecule has 0 spiro atoms. The Hall–Kier alpha value is -1.09. The molecule has 0 aliphatic heterocycles. The summed E-state index contributed by atoms with van der Waals surface area (Å²) in [7, 11) is 0. The van der Waals surface area contributed by atoms with Gasteiger partial charge < -0.3 is 10.2 Å². The molecule has 1 N–H and O–H groups in total. The molecule has 3 nitrogen and oxygen atoms in total. The fraction of sp³-hybridized carbons (Fsp3) is 0.667. The molecule has 0 fully saturated rings. The summed E-state index contributed by atoms with van der Waals surface area (Å²) in [6.07, 6.45) is 2.00. The summed E-state index contributed by atoms with van der Waals surface area (Å²) in [6, 6.07) is 4.64. The average molecular weight is 249 g/mol. The summed E-state index contributed by atoms with van der Waals surface area (Å²) >= 11 is 0. The summed E-state index contributed by atoms with van der Waals surface area (Å²) in [5.74, 6) is 0.672. The first kappa shape index (κ1) is 15.0. The first-order valence-electron chi connectivity index (χ1n) is 7.02. The number of hydrogen-bond donors (Lipinski definition) is 1. The van der Waals surface area contributed by atoms with E-state index in [4.69, 9.17) is 0 Å². The van der Waals surface area contributed by atoms with Gasteiger partial charge >= 0.3 is 0 Å². The molecule has 102 valence electrons. The first-order chi connectivity index (χ1) is 8.58. The maximum Gasteiger partial charge on any atom is 0.0572 e. The first-order valence-corrected chi connectivity index (χ1v) is 7.02. The van der Waals surface area contributed by atoms with Crippen LogP contribution >= 0.6 is 0 Å². The second-order valence-corrected chi connectivity index (χ2v) is 5.15. The van der Waals surface area contributed by atoms with E-state index in [9.17, 15) is 0 Å². The highest BCUT2D eigenvalue weighted by atomic mass is 15.1. The SMILES string of the molecule is CCNC(C)c1ccc(N(CC)CC(C)C)cn1. The summed E-state index contributed by atoms with van der Waals surface area (Å²) in [5, 5.41) is 3.38. The molecule has 0 aliphatic rings. The Kier molecular flexibility index (Phi) is 6.13. The molecule has 1 rings (SSSR count). The van der Waals surface area contributed by atoms with Crippen LogP contribution in [-0.4, -0.2) is 24.6 Å². The number of hydrogen-bond acceptors (Lipinski definition) is 3. The Labute approximate surface area is 112 Å². The Morgan fingerprint density at radius 1 is 1.22 bits per heavy atom. The molecule has 1 unspecified atom stereocenters. The average Bonchev–Trinajstić information content (AvgIpc) is 2.36. The highest BCUT2D eigenvalue weighted by Crippen LogP contribution is 2.17. The summed E-state index contributed by atoms with van der Waals surface area (Å²) < 4.78 is 0. The third-order valence-corrected chi connectivity index (χ3v) is 3.06. The fourth-order valence-corrected chi connectivity index (χ4v) is 2.11. The zero-order valence-corrected chi connectivity index (χ0v) is 12.4. The van der Waals surface area contributed by atoms with Crippen LogP contribution in [0.5, 0.6) is 0 Å². The van der Waals surface area contributed by atoms with Crippen LogP contribution in [0.3, 0.4) is 0 Å². The molecule has 0 bridgehead atoms. The monoisotopic (exact) mass is 249 g/mol.